The third kappa shape index (κ3) is 3.88. The van der Waals surface area contributed by atoms with Gasteiger partial charge in [-0.05, 0) is 24.4 Å². The summed E-state index contributed by atoms with van der Waals surface area (Å²) < 4.78 is 23.2. The topological polar surface area (TPSA) is 95.8 Å². The second kappa shape index (κ2) is 6.67. The van der Waals surface area contributed by atoms with E-state index < -0.39 is 14.8 Å². The Bertz CT molecular complexity index is 727. The van der Waals surface area contributed by atoms with Crippen molar-refractivity contribution in [3.63, 3.8) is 0 Å². The van der Waals surface area contributed by atoms with Crippen molar-refractivity contribution in [2.75, 3.05) is 44.4 Å². The highest BCUT2D eigenvalue weighted by molar-refractivity contribution is 7.90. The molecule has 1 saturated heterocycles. The van der Waals surface area contributed by atoms with Crippen LogP contribution < -0.4 is 10.2 Å². The van der Waals surface area contributed by atoms with Crippen LogP contribution in [0.2, 0.25) is 0 Å². The van der Waals surface area contributed by atoms with Gasteiger partial charge >= 0.3 is 0 Å². The Kier molecular flexibility index (Phi) is 5.05. The average molecular weight is 358 g/mol. The van der Waals surface area contributed by atoms with Crippen LogP contribution >= 0.6 is 12.2 Å². The summed E-state index contributed by atoms with van der Waals surface area (Å²) in [4.78, 5) is 14.6. The molecule has 1 aromatic carbocycles. The highest BCUT2D eigenvalue weighted by Crippen LogP contribution is 2.31. The van der Waals surface area contributed by atoms with Crippen LogP contribution in [0, 0.1) is 10.1 Å². The highest BCUT2D eigenvalue weighted by atomic mass is 32.2. The molecule has 1 N–H and O–H groups in total. The number of nitro groups is 1. The molecule has 1 fully saturated rings. The molecule has 1 aromatic rings. The van der Waals surface area contributed by atoms with Gasteiger partial charge in [0.1, 0.15) is 5.69 Å². The molecule has 1 aliphatic heterocycles. The van der Waals surface area contributed by atoms with Gasteiger partial charge in [-0.25, -0.2) is 8.42 Å². The predicted octanol–water partition coefficient (Wildman–Crippen LogP) is 0.625. The van der Waals surface area contributed by atoms with Crippen molar-refractivity contribution in [2.45, 2.75) is 4.90 Å². The van der Waals surface area contributed by atoms with Crippen molar-refractivity contribution >= 4 is 38.5 Å². The molecule has 0 aliphatic carbocycles. The molecule has 2 rings (SSSR count). The van der Waals surface area contributed by atoms with Crippen molar-refractivity contribution in [1.82, 2.24) is 10.2 Å². The highest BCUT2D eigenvalue weighted by Gasteiger charge is 2.26. The fourth-order valence-corrected chi connectivity index (χ4v) is 3.28. The first-order valence-electron chi connectivity index (χ1n) is 6.94. The van der Waals surface area contributed by atoms with E-state index in [2.05, 4.69) is 5.32 Å². The largest absolute Gasteiger partial charge is 0.366 e. The van der Waals surface area contributed by atoms with Crippen LogP contribution in [0.1, 0.15) is 0 Å². The quantitative estimate of drug-likeness (QED) is 0.477. The van der Waals surface area contributed by atoms with Crippen LogP contribution in [-0.2, 0) is 9.84 Å². The van der Waals surface area contributed by atoms with Crippen molar-refractivity contribution < 1.29 is 13.3 Å². The number of nitrogens with one attached hydrogen (secondary N) is 1. The maximum atomic E-state index is 11.6. The number of hydrogen-bond donors (Lipinski definition) is 1. The zero-order valence-electron chi connectivity index (χ0n) is 12.9. The Labute approximate surface area is 140 Å². The van der Waals surface area contributed by atoms with Gasteiger partial charge in [0.05, 0.1) is 9.82 Å². The number of nitrogens with zero attached hydrogens (tertiary/aromatic N) is 3. The maximum absolute atomic E-state index is 11.6. The predicted molar refractivity (Wildman–Crippen MR) is 91.6 cm³/mol. The summed E-state index contributed by atoms with van der Waals surface area (Å²) in [6, 6.07) is 4.03. The second-order valence-electron chi connectivity index (χ2n) is 5.21. The minimum atomic E-state index is -3.49. The first-order chi connectivity index (χ1) is 10.7. The van der Waals surface area contributed by atoms with Crippen LogP contribution in [-0.4, -0.2) is 62.8 Å². The first kappa shape index (κ1) is 17.4. The van der Waals surface area contributed by atoms with E-state index in [0.717, 1.165) is 12.3 Å². The first-order valence-corrected chi connectivity index (χ1v) is 9.24. The van der Waals surface area contributed by atoms with E-state index in [9.17, 15) is 18.5 Å². The molecule has 0 aromatic heterocycles. The Morgan fingerprint density at radius 1 is 1.30 bits per heavy atom. The summed E-state index contributed by atoms with van der Waals surface area (Å²) in [6.45, 7) is 2.43. The van der Waals surface area contributed by atoms with Crippen molar-refractivity contribution in [1.29, 1.82) is 0 Å². The standard InChI is InChI=1S/C13H18N4O4S2/c1-14-13(22)16-7-5-15(6-8-16)11-4-3-10(23(2,20)21)9-12(11)17(18)19/h3-4,9H,5-8H2,1-2H3,(H,14,22). The molecule has 0 spiro atoms. The Hall–Kier alpha value is -1.94. The number of rotatable bonds is 3. The maximum Gasteiger partial charge on any atom is 0.293 e. The van der Waals surface area contributed by atoms with Crippen molar-refractivity contribution in [3.8, 4) is 0 Å². The molecule has 8 nitrogen and oxygen atoms in total. The number of piperazine rings is 1. The molecule has 0 amide bonds. The lowest BCUT2D eigenvalue weighted by Gasteiger charge is -2.36. The van der Waals surface area contributed by atoms with Gasteiger partial charge in [0.15, 0.2) is 14.9 Å². The zero-order chi connectivity index (χ0) is 17.2. The molecule has 0 bridgehead atoms. The lowest BCUT2D eigenvalue weighted by molar-refractivity contribution is -0.384. The number of benzene rings is 1. The van der Waals surface area contributed by atoms with Crippen LogP contribution in [0.25, 0.3) is 0 Å². The Morgan fingerprint density at radius 3 is 2.39 bits per heavy atom. The van der Waals surface area contributed by atoms with Crippen LogP contribution in [0.3, 0.4) is 0 Å². The van der Waals surface area contributed by atoms with Crippen LogP contribution in [0.4, 0.5) is 11.4 Å². The lowest BCUT2D eigenvalue weighted by Crippen LogP contribution is -2.51. The summed E-state index contributed by atoms with van der Waals surface area (Å²) >= 11 is 5.18. The SMILES string of the molecule is CNC(=S)N1CCN(c2ccc(S(C)(=O)=O)cc2[N+](=O)[O-])CC1. The molecular weight excluding hydrogens is 340 g/mol. The molecule has 0 radical (unpaired) electrons. The molecular formula is C13H18N4O4S2. The number of sulfone groups is 1. The summed E-state index contributed by atoms with van der Waals surface area (Å²) in [5.74, 6) is 0. The number of nitro benzene ring substituents is 1. The van der Waals surface area contributed by atoms with Crippen LogP contribution in [0.15, 0.2) is 23.1 Å². The third-order valence-corrected chi connectivity index (χ3v) is 5.27. The van der Waals surface area contributed by atoms with Gasteiger partial charge in [-0.3, -0.25) is 10.1 Å². The van der Waals surface area contributed by atoms with E-state index in [-0.39, 0.29) is 10.6 Å². The van der Waals surface area contributed by atoms with E-state index in [1.54, 1.807) is 7.05 Å². The fraction of sp³-hybridized carbons (Fsp3) is 0.462. The van der Waals surface area contributed by atoms with Gasteiger partial charge in [0.2, 0.25) is 0 Å². The zero-order valence-corrected chi connectivity index (χ0v) is 14.5. The molecule has 23 heavy (non-hydrogen) atoms. The monoisotopic (exact) mass is 358 g/mol. The molecule has 126 valence electrons. The van der Waals surface area contributed by atoms with Crippen LogP contribution in [0.5, 0.6) is 0 Å². The smallest absolute Gasteiger partial charge is 0.293 e. The average Bonchev–Trinajstić information content (AvgIpc) is 2.52. The second-order valence-corrected chi connectivity index (χ2v) is 7.61. The van der Waals surface area contributed by atoms with E-state index >= 15 is 0 Å². The van der Waals surface area contributed by atoms with Gasteiger partial charge < -0.3 is 15.1 Å². The normalized spacial score (nSPS) is 15.4. The fourth-order valence-electron chi connectivity index (χ4n) is 2.46. The van der Waals surface area contributed by atoms with Crippen molar-refractivity contribution in [3.05, 3.63) is 28.3 Å². The minimum absolute atomic E-state index is 0.0528. The Morgan fingerprint density at radius 2 is 1.91 bits per heavy atom. The van der Waals surface area contributed by atoms with Gasteiger partial charge in [0, 0.05) is 45.5 Å². The van der Waals surface area contributed by atoms with E-state index in [1.807, 2.05) is 9.80 Å². The van der Waals surface area contributed by atoms with Gasteiger partial charge in [-0.1, -0.05) is 0 Å². The molecule has 1 heterocycles. The van der Waals surface area contributed by atoms with E-state index in [4.69, 9.17) is 12.2 Å². The summed E-state index contributed by atoms with van der Waals surface area (Å²) in [5.41, 5.74) is 0.231. The molecule has 0 atom stereocenters. The summed E-state index contributed by atoms with van der Waals surface area (Å²) in [7, 11) is -1.73. The van der Waals surface area contributed by atoms with Gasteiger partial charge in [0.25, 0.3) is 5.69 Å². The molecule has 1 aliphatic rings. The van der Waals surface area contributed by atoms with Gasteiger partial charge in [-0.2, -0.15) is 0 Å². The lowest BCUT2D eigenvalue weighted by atomic mass is 10.2. The molecule has 0 unspecified atom stereocenters. The summed E-state index contributed by atoms with van der Waals surface area (Å²) in [5, 5.41) is 14.9. The third-order valence-electron chi connectivity index (χ3n) is 3.69. The Balaban J connectivity index is 2.27. The van der Waals surface area contributed by atoms with Crippen molar-refractivity contribution in [2.24, 2.45) is 0 Å². The molecule has 0 saturated carbocycles. The van der Waals surface area contributed by atoms with E-state index in [0.29, 0.717) is 37.0 Å². The minimum Gasteiger partial charge on any atom is -0.366 e. The molecule has 10 heteroatoms. The van der Waals surface area contributed by atoms with Gasteiger partial charge in [-0.15, -0.1) is 0 Å². The van der Waals surface area contributed by atoms with E-state index in [1.165, 1.54) is 12.1 Å². The number of thiocarbonyl (C=S) groups is 1. The summed E-state index contributed by atoms with van der Waals surface area (Å²) in [6.07, 6.45) is 1.03. The number of anilines is 1. The number of hydrogen-bond acceptors (Lipinski definition) is 6.